The van der Waals surface area contributed by atoms with Crippen molar-refractivity contribution in [3.05, 3.63) is 47.2 Å². The molecule has 0 radical (unpaired) electrons. The van der Waals surface area contributed by atoms with E-state index in [9.17, 15) is 19.5 Å². The van der Waals surface area contributed by atoms with Crippen LogP contribution in [0, 0.1) is 0 Å². The van der Waals surface area contributed by atoms with Gasteiger partial charge in [0.05, 0.1) is 30.9 Å². The van der Waals surface area contributed by atoms with Crippen molar-refractivity contribution in [1.29, 1.82) is 0 Å². The van der Waals surface area contributed by atoms with E-state index in [1.54, 1.807) is 54.8 Å². The maximum atomic E-state index is 13.7. The fraction of sp³-hybridized carbons (Fsp3) is 0.433. The summed E-state index contributed by atoms with van der Waals surface area (Å²) in [6.45, 7) is 12.3. The Labute approximate surface area is 234 Å². The number of nitrogens with zero attached hydrogens (tertiary/aromatic N) is 2. The molecule has 10 heteroatoms. The Kier molecular flexibility index (Phi) is 7.49. The Morgan fingerprint density at radius 2 is 1.82 bits per heavy atom. The molecule has 0 bridgehead atoms. The van der Waals surface area contributed by atoms with Crippen molar-refractivity contribution in [2.45, 2.75) is 59.0 Å². The summed E-state index contributed by atoms with van der Waals surface area (Å²) in [6.07, 6.45) is 1.77. The van der Waals surface area contributed by atoms with Gasteiger partial charge in [0.25, 0.3) is 5.91 Å². The van der Waals surface area contributed by atoms with Crippen molar-refractivity contribution in [3.63, 3.8) is 0 Å². The van der Waals surface area contributed by atoms with Crippen molar-refractivity contribution >= 4 is 39.9 Å². The first-order valence-corrected chi connectivity index (χ1v) is 13.3. The Balaban J connectivity index is 1.79. The van der Waals surface area contributed by atoms with Crippen LogP contribution in [0.3, 0.4) is 0 Å². The fourth-order valence-corrected chi connectivity index (χ4v) is 5.02. The lowest BCUT2D eigenvalue weighted by molar-refractivity contribution is -0.142. The molecule has 2 aromatic carbocycles. The number of ether oxygens (including phenoxy) is 2. The minimum atomic E-state index is -1.21. The third-order valence-electron chi connectivity index (χ3n) is 7.37. The molecule has 0 spiro atoms. The third kappa shape index (κ3) is 5.05. The van der Waals surface area contributed by atoms with Crippen LogP contribution in [0.25, 0.3) is 10.8 Å². The molecule has 1 aromatic heterocycles. The minimum Gasteiger partial charge on any atom is -0.493 e. The highest BCUT2D eigenvalue weighted by Crippen LogP contribution is 2.44. The van der Waals surface area contributed by atoms with Crippen LogP contribution in [-0.4, -0.2) is 59.7 Å². The van der Waals surface area contributed by atoms with Crippen molar-refractivity contribution in [2.24, 2.45) is 0 Å². The van der Waals surface area contributed by atoms with Gasteiger partial charge in [-0.3, -0.25) is 9.59 Å². The van der Waals surface area contributed by atoms with Crippen LogP contribution in [0.4, 0.5) is 11.5 Å². The Bertz CT molecular complexity index is 1500. The summed E-state index contributed by atoms with van der Waals surface area (Å²) < 4.78 is 13.4. The zero-order valence-corrected chi connectivity index (χ0v) is 24.2. The lowest BCUT2D eigenvalue weighted by atomic mass is 9.83. The number of hydrogen-bond acceptors (Lipinski definition) is 7. The first-order valence-electron chi connectivity index (χ1n) is 13.3. The predicted octanol–water partition coefficient (Wildman–Crippen LogP) is 4.22. The normalized spacial score (nSPS) is 13.5. The van der Waals surface area contributed by atoms with Crippen LogP contribution >= 0.6 is 0 Å². The molecular weight excluding hydrogens is 512 g/mol. The molecule has 3 aromatic rings. The topological polar surface area (TPSA) is 136 Å². The molecule has 0 aliphatic carbocycles. The number of rotatable bonds is 8. The van der Waals surface area contributed by atoms with Crippen LogP contribution in [0.5, 0.6) is 11.5 Å². The van der Waals surface area contributed by atoms with Gasteiger partial charge in [0, 0.05) is 35.1 Å². The van der Waals surface area contributed by atoms with Gasteiger partial charge in [-0.1, -0.05) is 20.8 Å². The van der Waals surface area contributed by atoms with Gasteiger partial charge in [-0.15, -0.1) is 0 Å². The van der Waals surface area contributed by atoms with Crippen LogP contribution in [0.2, 0.25) is 0 Å². The second kappa shape index (κ2) is 10.4. The summed E-state index contributed by atoms with van der Waals surface area (Å²) in [5.41, 5.74) is 7.08. The van der Waals surface area contributed by atoms with Gasteiger partial charge in [-0.2, -0.15) is 0 Å². The number of aromatic nitrogens is 1. The number of amides is 1. The van der Waals surface area contributed by atoms with E-state index in [0.717, 1.165) is 10.9 Å². The predicted molar refractivity (Wildman–Crippen MR) is 155 cm³/mol. The monoisotopic (exact) mass is 550 g/mol. The van der Waals surface area contributed by atoms with Gasteiger partial charge >= 0.3 is 5.97 Å². The van der Waals surface area contributed by atoms with Gasteiger partial charge < -0.3 is 35.1 Å². The van der Waals surface area contributed by atoms with E-state index in [4.69, 9.17) is 15.2 Å². The SMILES string of the molecule is CCOc1cc2cn(CC(=O)c3cc4c(c(C(C)(C)C)c3)OCCN4C(C)(C)C(=O)O)c(N)c2cc1C(=O)NC. The van der Waals surface area contributed by atoms with Crippen molar-refractivity contribution in [2.75, 3.05) is 37.4 Å². The van der Waals surface area contributed by atoms with Gasteiger partial charge in [0.1, 0.15) is 29.5 Å². The summed E-state index contributed by atoms with van der Waals surface area (Å²) in [5.74, 6) is -0.0836. The summed E-state index contributed by atoms with van der Waals surface area (Å²) in [4.78, 5) is 40.1. The number of nitrogens with two attached hydrogens (primary N) is 1. The van der Waals surface area contributed by atoms with E-state index < -0.39 is 11.5 Å². The van der Waals surface area contributed by atoms with E-state index in [0.29, 0.717) is 59.3 Å². The van der Waals surface area contributed by atoms with Crippen LogP contribution in [0.1, 0.15) is 67.8 Å². The van der Waals surface area contributed by atoms with E-state index in [-0.39, 0.29) is 23.7 Å². The summed E-state index contributed by atoms with van der Waals surface area (Å²) in [6, 6.07) is 6.97. The molecule has 0 saturated carbocycles. The van der Waals surface area contributed by atoms with Gasteiger partial charge in [-0.25, -0.2) is 4.79 Å². The number of hydrogen-bond donors (Lipinski definition) is 3. The molecule has 4 N–H and O–H groups in total. The molecule has 0 unspecified atom stereocenters. The van der Waals surface area contributed by atoms with E-state index in [1.165, 1.54) is 0 Å². The molecular formula is C30H38N4O6. The van der Waals surface area contributed by atoms with Crippen molar-refractivity contribution in [1.82, 2.24) is 9.88 Å². The molecule has 40 heavy (non-hydrogen) atoms. The number of anilines is 2. The number of carbonyl (C=O) groups is 3. The molecule has 0 atom stereocenters. The average molecular weight is 551 g/mol. The van der Waals surface area contributed by atoms with E-state index in [1.807, 2.05) is 33.8 Å². The van der Waals surface area contributed by atoms with Crippen LogP contribution < -0.4 is 25.4 Å². The third-order valence-corrected chi connectivity index (χ3v) is 7.37. The largest absolute Gasteiger partial charge is 0.493 e. The number of ketones is 1. The van der Waals surface area contributed by atoms with Gasteiger partial charge in [0.15, 0.2) is 5.78 Å². The average Bonchev–Trinajstić information content (AvgIpc) is 3.19. The molecule has 1 amide bonds. The zero-order chi connectivity index (χ0) is 29.6. The maximum Gasteiger partial charge on any atom is 0.328 e. The number of fused-ring (bicyclic) bond motifs is 2. The molecule has 0 fully saturated rings. The maximum absolute atomic E-state index is 13.7. The lowest BCUT2D eigenvalue weighted by Crippen LogP contribution is -2.53. The zero-order valence-electron chi connectivity index (χ0n) is 24.2. The number of carboxylic acids is 1. The van der Waals surface area contributed by atoms with Crippen LogP contribution in [-0.2, 0) is 16.8 Å². The quantitative estimate of drug-likeness (QED) is 0.355. The fourth-order valence-electron chi connectivity index (χ4n) is 5.02. The highest BCUT2D eigenvalue weighted by molar-refractivity contribution is 6.05. The smallest absolute Gasteiger partial charge is 0.328 e. The Hall–Kier alpha value is -4.21. The molecule has 1 aliphatic heterocycles. The summed E-state index contributed by atoms with van der Waals surface area (Å²) >= 11 is 0. The van der Waals surface area contributed by atoms with Gasteiger partial charge in [-0.05, 0) is 50.5 Å². The number of benzene rings is 2. The van der Waals surface area contributed by atoms with E-state index >= 15 is 0 Å². The summed E-state index contributed by atoms with van der Waals surface area (Å²) in [7, 11) is 1.55. The van der Waals surface area contributed by atoms with Crippen LogP contribution in [0.15, 0.2) is 30.5 Å². The number of nitrogens with one attached hydrogen (secondary N) is 1. The lowest BCUT2D eigenvalue weighted by Gasteiger charge is -2.42. The number of carboxylic acid groups (broad SMARTS) is 1. The van der Waals surface area contributed by atoms with Crippen molar-refractivity contribution in [3.8, 4) is 11.5 Å². The Morgan fingerprint density at radius 1 is 1.12 bits per heavy atom. The Morgan fingerprint density at radius 3 is 2.42 bits per heavy atom. The molecule has 0 saturated heterocycles. The molecule has 2 heterocycles. The summed E-state index contributed by atoms with van der Waals surface area (Å²) in [5, 5.41) is 13.9. The van der Waals surface area contributed by atoms with Crippen molar-refractivity contribution < 1.29 is 29.0 Å². The highest BCUT2D eigenvalue weighted by Gasteiger charge is 2.40. The highest BCUT2D eigenvalue weighted by atomic mass is 16.5. The van der Waals surface area contributed by atoms with Gasteiger partial charge in [0.2, 0.25) is 0 Å². The first kappa shape index (κ1) is 28.8. The minimum absolute atomic E-state index is 0.0503. The number of aliphatic carboxylic acids is 1. The molecule has 10 nitrogen and oxygen atoms in total. The standard InChI is InChI=1S/C30H38N4O6/c1-8-39-24-13-18-15-33(26(31)19(18)14-20(24)27(36)32-7)16-23(35)17-11-21(29(2,3)4)25-22(12-17)34(9-10-40-25)30(5,6)28(37)38/h11-15H,8-10,16,31H2,1-7H3,(H,32,36)(H,37,38). The molecule has 214 valence electrons. The first-order chi connectivity index (χ1) is 18.7. The molecule has 1 aliphatic rings. The van der Waals surface area contributed by atoms with E-state index in [2.05, 4.69) is 5.32 Å². The number of carbonyl (C=O) groups excluding carboxylic acids is 2. The second-order valence-electron chi connectivity index (χ2n) is 11.5. The second-order valence-corrected chi connectivity index (χ2v) is 11.5. The molecule has 4 rings (SSSR count). The number of Topliss-reactive ketones (excluding diaryl/α,β-unsaturated/α-hetero) is 1. The number of nitrogen functional groups attached to an aromatic ring is 1.